The Bertz CT molecular complexity index is 565. The van der Waals surface area contributed by atoms with Crippen LogP contribution in [0.1, 0.15) is 31.1 Å². The summed E-state index contributed by atoms with van der Waals surface area (Å²) in [5.74, 6) is -1.32. The predicted molar refractivity (Wildman–Crippen MR) is 74.3 cm³/mol. The second-order valence-corrected chi connectivity index (χ2v) is 5.75. The van der Waals surface area contributed by atoms with E-state index in [1.807, 2.05) is 0 Å². The van der Waals surface area contributed by atoms with Crippen LogP contribution < -0.4 is 15.8 Å². The topological polar surface area (TPSA) is 81.4 Å². The number of nitrogens with two attached hydrogens (primary N) is 1. The van der Waals surface area contributed by atoms with Crippen molar-refractivity contribution in [2.75, 3.05) is 5.73 Å². The van der Waals surface area contributed by atoms with Crippen LogP contribution in [0, 0.1) is 5.41 Å². The molecular formula is C14H17F3N2O3. The lowest BCUT2D eigenvalue weighted by Gasteiger charge is -2.27. The summed E-state index contributed by atoms with van der Waals surface area (Å²) in [7, 11) is 0. The van der Waals surface area contributed by atoms with Gasteiger partial charge in [0.15, 0.2) is 0 Å². The molecule has 0 spiro atoms. The van der Waals surface area contributed by atoms with Gasteiger partial charge in [-0.05, 0) is 23.6 Å². The lowest BCUT2D eigenvalue weighted by atomic mass is 9.87. The van der Waals surface area contributed by atoms with Crippen molar-refractivity contribution in [3.63, 3.8) is 0 Å². The van der Waals surface area contributed by atoms with Gasteiger partial charge in [-0.15, -0.1) is 13.2 Å². The molecule has 22 heavy (non-hydrogen) atoms. The Kier molecular flexibility index (Phi) is 5.05. The molecule has 1 atom stereocenters. The van der Waals surface area contributed by atoms with Gasteiger partial charge in [0.25, 0.3) is 5.91 Å². The first kappa shape index (κ1) is 17.8. The number of aldehydes is 1. The zero-order valence-electron chi connectivity index (χ0n) is 12.3. The first-order chi connectivity index (χ1) is 9.94. The van der Waals surface area contributed by atoms with Crippen molar-refractivity contribution in [2.45, 2.75) is 33.2 Å². The van der Waals surface area contributed by atoms with Crippen LogP contribution in [-0.2, 0) is 4.79 Å². The normalized spacial score (nSPS) is 13.4. The number of rotatable bonds is 4. The van der Waals surface area contributed by atoms with Gasteiger partial charge < -0.3 is 20.6 Å². The third-order valence-electron chi connectivity index (χ3n) is 2.86. The fourth-order valence-electron chi connectivity index (χ4n) is 1.60. The van der Waals surface area contributed by atoms with E-state index in [1.54, 1.807) is 20.8 Å². The van der Waals surface area contributed by atoms with Crippen molar-refractivity contribution in [1.29, 1.82) is 0 Å². The van der Waals surface area contributed by atoms with Gasteiger partial charge in [0.05, 0.1) is 11.6 Å². The van der Waals surface area contributed by atoms with Crippen LogP contribution in [0.5, 0.6) is 5.75 Å². The Morgan fingerprint density at radius 3 is 2.36 bits per heavy atom. The maximum Gasteiger partial charge on any atom is 0.573 e. The summed E-state index contributed by atoms with van der Waals surface area (Å²) in [6.45, 7) is 5.21. The second kappa shape index (κ2) is 6.25. The van der Waals surface area contributed by atoms with E-state index in [2.05, 4.69) is 10.1 Å². The van der Waals surface area contributed by atoms with E-state index in [0.29, 0.717) is 6.29 Å². The molecule has 0 aromatic heterocycles. The lowest BCUT2D eigenvalue weighted by molar-refractivity contribution is -0.274. The van der Waals surface area contributed by atoms with Crippen LogP contribution in [0.2, 0.25) is 0 Å². The largest absolute Gasteiger partial charge is 0.573 e. The van der Waals surface area contributed by atoms with E-state index in [9.17, 15) is 22.8 Å². The average molecular weight is 318 g/mol. The number of carbonyl (C=O) groups is 2. The van der Waals surface area contributed by atoms with Gasteiger partial charge in [0, 0.05) is 5.69 Å². The fraction of sp³-hybridized carbons (Fsp3) is 0.429. The van der Waals surface area contributed by atoms with Crippen molar-refractivity contribution in [3.05, 3.63) is 23.8 Å². The van der Waals surface area contributed by atoms with E-state index in [0.717, 1.165) is 18.2 Å². The lowest BCUT2D eigenvalue weighted by Crippen LogP contribution is -2.45. The van der Waals surface area contributed by atoms with E-state index in [-0.39, 0.29) is 11.3 Å². The summed E-state index contributed by atoms with van der Waals surface area (Å²) in [5, 5.41) is 2.43. The number of hydrogen-bond donors (Lipinski definition) is 2. The summed E-state index contributed by atoms with van der Waals surface area (Å²) in [6, 6.07) is 2.19. The summed E-state index contributed by atoms with van der Waals surface area (Å²) >= 11 is 0. The van der Waals surface area contributed by atoms with Crippen LogP contribution in [0.25, 0.3) is 0 Å². The molecule has 0 aliphatic heterocycles. The van der Waals surface area contributed by atoms with Gasteiger partial charge in [-0.25, -0.2) is 0 Å². The highest BCUT2D eigenvalue weighted by atomic mass is 19.4. The van der Waals surface area contributed by atoms with Crippen molar-refractivity contribution >= 4 is 17.9 Å². The first-order valence-corrected chi connectivity index (χ1v) is 6.35. The number of anilines is 1. The molecule has 8 heteroatoms. The number of nitrogen functional groups attached to an aromatic ring is 1. The SMILES string of the molecule is CC(C)(C)C(C=O)NC(=O)c1cc(OC(F)(F)F)ccc1N. The van der Waals surface area contributed by atoms with Crippen LogP contribution in [0.4, 0.5) is 18.9 Å². The quantitative estimate of drug-likeness (QED) is 0.660. The average Bonchev–Trinajstić information content (AvgIpc) is 2.34. The molecule has 1 aromatic carbocycles. The van der Waals surface area contributed by atoms with Gasteiger partial charge in [-0.3, -0.25) is 4.79 Å². The summed E-state index contributed by atoms with van der Waals surface area (Å²) in [6.07, 6.45) is -4.31. The molecule has 1 aromatic rings. The molecule has 3 N–H and O–H groups in total. The number of nitrogens with one attached hydrogen (secondary N) is 1. The molecule has 1 amide bonds. The number of benzene rings is 1. The summed E-state index contributed by atoms with van der Waals surface area (Å²) < 4.78 is 40.3. The Morgan fingerprint density at radius 2 is 1.91 bits per heavy atom. The molecule has 122 valence electrons. The zero-order valence-corrected chi connectivity index (χ0v) is 12.3. The maximum atomic E-state index is 12.2. The molecule has 0 radical (unpaired) electrons. The van der Waals surface area contributed by atoms with Crippen LogP contribution in [-0.4, -0.2) is 24.6 Å². The number of ether oxygens (including phenoxy) is 1. The van der Waals surface area contributed by atoms with Gasteiger partial charge in [0.1, 0.15) is 12.0 Å². The molecule has 0 saturated carbocycles. The molecule has 0 heterocycles. The summed E-state index contributed by atoms with van der Waals surface area (Å²) in [5.41, 5.74) is 4.83. The van der Waals surface area contributed by atoms with E-state index in [1.165, 1.54) is 0 Å². The molecule has 5 nitrogen and oxygen atoms in total. The predicted octanol–water partition coefficient (Wildman–Crippen LogP) is 2.51. The highest BCUT2D eigenvalue weighted by molar-refractivity contribution is 6.00. The minimum absolute atomic E-state index is 0.0226. The molecule has 0 fully saturated rings. The highest BCUT2D eigenvalue weighted by Crippen LogP contribution is 2.26. The number of carbonyl (C=O) groups excluding carboxylic acids is 2. The molecule has 0 aliphatic carbocycles. The molecule has 1 unspecified atom stereocenters. The van der Waals surface area contributed by atoms with Crippen LogP contribution >= 0.6 is 0 Å². The second-order valence-electron chi connectivity index (χ2n) is 5.75. The smallest absolute Gasteiger partial charge is 0.406 e. The standard InChI is InChI=1S/C14H17F3N2O3/c1-13(2,3)11(7-20)19-12(21)9-6-8(4-5-10(9)18)22-14(15,16)17/h4-7,11H,18H2,1-3H3,(H,19,21). The van der Waals surface area contributed by atoms with Gasteiger partial charge >= 0.3 is 6.36 Å². The Hall–Kier alpha value is -2.25. The van der Waals surface area contributed by atoms with Crippen molar-refractivity contribution in [3.8, 4) is 5.75 Å². The maximum absolute atomic E-state index is 12.2. The van der Waals surface area contributed by atoms with Crippen LogP contribution in [0.3, 0.4) is 0 Å². The third-order valence-corrected chi connectivity index (χ3v) is 2.86. The van der Waals surface area contributed by atoms with E-state index in [4.69, 9.17) is 5.73 Å². The Morgan fingerprint density at radius 1 is 1.32 bits per heavy atom. The number of amides is 1. The highest BCUT2D eigenvalue weighted by Gasteiger charge is 2.32. The summed E-state index contributed by atoms with van der Waals surface area (Å²) in [4.78, 5) is 23.2. The van der Waals surface area contributed by atoms with Crippen molar-refractivity contribution in [1.82, 2.24) is 5.32 Å². The fourth-order valence-corrected chi connectivity index (χ4v) is 1.60. The third kappa shape index (κ3) is 4.94. The van der Waals surface area contributed by atoms with Crippen molar-refractivity contribution < 1.29 is 27.5 Å². The molecule has 0 bridgehead atoms. The van der Waals surface area contributed by atoms with Gasteiger partial charge in [0.2, 0.25) is 0 Å². The zero-order chi connectivity index (χ0) is 17.1. The monoisotopic (exact) mass is 318 g/mol. The van der Waals surface area contributed by atoms with Crippen LogP contribution in [0.15, 0.2) is 18.2 Å². The molecule has 0 aliphatic rings. The van der Waals surface area contributed by atoms with Crippen molar-refractivity contribution in [2.24, 2.45) is 5.41 Å². The van der Waals surface area contributed by atoms with E-state index >= 15 is 0 Å². The molecule has 0 saturated heterocycles. The Labute approximate surface area is 125 Å². The van der Waals surface area contributed by atoms with Gasteiger partial charge in [-0.2, -0.15) is 0 Å². The number of alkyl halides is 3. The van der Waals surface area contributed by atoms with E-state index < -0.39 is 29.5 Å². The van der Waals surface area contributed by atoms with Gasteiger partial charge in [-0.1, -0.05) is 20.8 Å². The minimum Gasteiger partial charge on any atom is -0.406 e. The first-order valence-electron chi connectivity index (χ1n) is 6.35. The Balaban J connectivity index is 3.02. The number of hydrogen-bond acceptors (Lipinski definition) is 4. The molecule has 1 rings (SSSR count). The number of halogens is 3. The molecular weight excluding hydrogens is 301 g/mol. The minimum atomic E-state index is -4.87.